The quantitative estimate of drug-likeness (QED) is 0.228. The fourth-order valence-corrected chi connectivity index (χ4v) is 3.26. The molecule has 0 radical (unpaired) electrons. The van der Waals surface area contributed by atoms with E-state index in [1.54, 1.807) is 24.3 Å². The summed E-state index contributed by atoms with van der Waals surface area (Å²) >= 11 is 3.30. The summed E-state index contributed by atoms with van der Waals surface area (Å²) in [6, 6.07) is 12.6. The lowest BCUT2D eigenvalue weighted by atomic mass is 10.2. The van der Waals surface area contributed by atoms with Crippen LogP contribution < -0.4 is 19.6 Å². The van der Waals surface area contributed by atoms with Gasteiger partial charge in [0, 0.05) is 10.5 Å². The summed E-state index contributed by atoms with van der Waals surface area (Å²) in [4.78, 5) is 33.3. The van der Waals surface area contributed by atoms with Gasteiger partial charge in [0.2, 0.25) is 5.75 Å². The van der Waals surface area contributed by atoms with Crippen molar-refractivity contribution in [3.63, 3.8) is 0 Å². The minimum absolute atomic E-state index is 0.0911. The van der Waals surface area contributed by atoms with Gasteiger partial charge in [-0.25, -0.2) is 5.43 Å². The highest BCUT2D eigenvalue weighted by atomic mass is 79.9. The number of hydrogen-bond acceptors (Lipinski definition) is 9. The van der Waals surface area contributed by atoms with Crippen LogP contribution in [0.15, 0.2) is 64.2 Å². The number of halogens is 1. The number of nitrogens with zero attached hydrogens (tertiary/aromatic N) is 3. The summed E-state index contributed by atoms with van der Waals surface area (Å²) in [5.74, 6) is -0.0224. The zero-order valence-corrected chi connectivity index (χ0v) is 19.8. The van der Waals surface area contributed by atoms with Gasteiger partial charge in [-0.2, -0.15) is 5.10 Å². The molecule has 3 rings (SSSR count). The number of rotatable bonds is 9. The molecule has 0 bridgehead atoms. The summed E-state index contributed by atoms with van der Waals surface area (Å²) in [6.45, 7) is 0. The van der Waals surface area contributed by atoms with Crippen LogP contribution in [-0.4, -0.2) is 36.2 Å². The molecule has 1 N–H and O–H groups in total. The number of carbonyl (C=O) groups excluding carboxylic acids is 1. The standard InChI is InChI=1S/C22H17BrN4O8/c1-33-18-7-4-14(23)10-16(18)22(28)25-24-12-13-3-6-20(34-2)21(9-13)35-19-8-5-15(26(29)30)11-17(19)27(31)32/h3-12H,1-2H3,(H,25,28)/b24-12-. The molecule has 3 aromatic carbocycles. The Morgan fingerprint density at radius 2 is 1.60 bits per heavy atom. The van der Waals surface area contributed by atoms with E-state index in [1.807, 2.05) is 0 Å². The van der Waals surface area contributed by atoms with Crippen LogP contribution in [0.25, 0.3) is 0 Å². The van der Waals surface area contributed by atoms with Crippen molar-refractivity contribution >= 4 is 39.4 Å². The van der Waals surface area contributed by atoms with Crippen molar-refractivity contribution in [1.82, 2.24) is 5.43 Å². The molecule has 0 atom stereocenters. The number of amides is 1. The number of nitro groups is 2. The molecule has 0 aromatic heterocycles. The Morgan fingerprint density at radius 3 is 2.26 bits per heavy atom. The Kier molecular flexibility index (Phi) is 7.94. The molecule has 0 saturated heterocycles. The number of nitrogens with one attached hydrogen (secondary N) is 1. The first-order chi connectivity index (χ1) is 16.7. The number of ether oxygens (including phenoxy) is 3. The average Bonchev–Trinajstić information content (AvgIpc) is 2.84. The number of benzene rings is 3. The molecule has 0 aliphatic carbocycles. The third kappa shape index (κ3) is 6.09. The summed E-state index contributed by atoms with van der Waals surface area (Å²) in [7, 11) is 2.82. The summed E-state index contributed by atoms with van der Waals surface area (Å²) in [5.41, 5.74) is 2.09. The van der Waals surface area contributed by atoms with E-state index in [4.69, 9.17) is 14.2 Å². The molecule has 180 valence electrons. The number of non-ortho nitro benzene ring substituents is 1. The van der Waals surface area contributed by atoms with Gasteiger partial charge in [-0.15, -0.1) is 0 Å². The van der Waals surface area contributed by atoms with Crippen LogP contribution in [0.2, 0.25) is 0 Å². The second-order valence-electron chi connectivity index (χ2n) is 6.72. The molecule has 0 fully saturated rings. The van der Waals surface area contributed by atoms with Gasteiger partial charge in [-0.3, -0.25) is 25.0 Å². The smallest absolute Gasteiger partial charge is 0.318 e. The molecular weight excluding hydrogens is 528 g/mol. The molecule has 13 heteroatoms. The number of nitro benzene ring substituents is 2. The van der Waals surface area contributed by atoms with E-state index >= 15 is 0 Å². The fourth-order valence-electron chi connectivity index (χ4n) is 2.90. The van der Waals surface area contributed by atoms with Gasteiger partial charge in [0.1, 0.15) is 5.75 Å². The highest BCUT2D eigenvalue weighted by molar-refractivity contribution is 9.10. The van der Waals surface area contributed by atoms with Crippen LogP contribution in [0.1, 0.15) is 15.9 Å². The second kappa shape index (κ2) is 11.1. The van der Waals surface area contributed by atoms with Gasteiger partial charge in [0.05, 0.1) is 41.9 Å². The molecule has 1 amide bonds. The van der Waals surface area contributed by atoms with Gasteiger partial charge in [-0.05, 0) is 48.0 Å². The van der Waals surface area contributed by atoms with E-state index in [0.29, 0.717) is 15.8 Å². The molecule has 35 heavy (non-hydrogen) atoms. The first-order valence-corrected chi connectivity index (χ1v) is 10.5. The minimum Gasteiger partial charge on any atom is -0.496 e. The molecule has 0 saturated carbocycles. The maximum atomic E-state index is 12.5. The Morgan fingerprint density at radius 1 is 0.914 bits per heavy atom. The Labute approximate surface area is 206 Å². The third-order valence-corrected chi connectivity index (χ3v) is 5.04. The van der Waals surface area contributed by atoms with Crippen molar-refractivity contribution in [2.45, 2.75) is 0 Å². The summed E-state index contributed by atoms with van der Waals surface area (Å²) in [5, 5.41) is 26.3. The average molecular weight is 545 g/mol. The maximum absolute atomic E-state index is 12.5. The van der Waals surface area contributed by atoms with E-state index in [2.05, 4.69) is 26.5 Å². The Bertz CT molecular complexity index is 1330. The van der Waals surface area contributed by atoms with E-state index in [-0.39, 0.29) is 22.8 Å². The molecular formula is C22H17BrN4O8. The molecule has 0 heterocycles. The lowest BCUT2D eigenvalue weighted by Crippen LogP contribution is -2.18. The number of hydrazone groups is 1. The van der Waals surface area contributed by atoms with Gasteiger partial charge >= 0.3 is 5.69 Å². The third-order valence-electron chi connectivity index (χ3n) is 4.54. The predicted molar refractivity (Wildman–Crippen MR) is 129 cm³/mol. The van der Waals surface area contributed by atoms with E-state index < -0.39 is 27.1 Å². The molecule has 0 spiro atoms. The van der Waals surface area contributed by atoms with E-state index in [1.165, 1.54) is 32.6 Å². The predicted octanol–water partition coefficient (Wildman–Crippen LogP) is 4.84. The first-order valence-electron chi connectivity index (χ1n) is 9.69. The van der Waals surface area contributed by atoms with Gasteiger partial charge in [0.25, 0.3) is 11.6 Å². The second-order valence-corrected chi connectivity index (χ2v) is 7.64. The van der Waals surface area contributed by atoms with Crippen molar-refractivity contribution in [3.05, 3.63) is 90.4 Å². The molecule has 12 nitrogen and oxygen atoms in total. The zero-order chi connectivity index (χ0) is 25.5. The molecule has 0 aliphatic rings. The van der Waals surface area contributed by atoms with Crippen LogP contribution in [0.3, 0.4) is 0 Å². The minimum atomic E-state index is -0.786. The number of methoxy groups -OCH3 is 2. The van der Waals surface area contributed by atoms with Crippen molar-refractivity contribution in [2.24, 2.45) is 5.10 Å². The van der Waals surface area contributed by atoms with Crippen LogP contribution in [-0.2, 0) is 0 Å². The van der Waals surface area contributed by atoms with Crippen molar-refractivity contribution in [1.29, 1.82) is 0 Å². The lowest BCUT2D eigenvalue weighted by Gasteiger charge is -2.11. The Balaban J connectivity index is 1.84. The van der Waals surface area contributed by atoms with E-state index in [9.17, 15) is 25.0 Å². The SMILES string of the molecule is COc1ccc(/C=N\NC(=O)c2cc(Br)ccc2OC)cc1Oc1ccc([N+](=O)[O-])cc1[N+](=O)[O-]. The van der Waals surface area contributed by atoms with Crippen LogP contribution in [0.5, 0.6) is 23.0 Å². The highest BCUT2D eigenvalue weighted by Gasteiger charge is 2.22. The summed E-state index contributed by atoms with van der Waals surface area (Å²) < 4.78 is 16.8. The zero-order valence-electron chi connectivity index (χ0n) is 18.3. The van der Waals surface area contributed by atoms with Gasteiger partial charge in [0.15, 0.2) is 11.5 Å². The topological polar surface area (TPSA) is 155 Å². The van der Waals surface area contributed by atoms with E-state index in [0.717, 1.165) is 18.2 Å². The summed E-state index contributed by atoms with van der Waals surface area (Å²) in [6.07, 6.45) is 1.33. The molecule has 3 aromatic rings. The van der Waals surface area contributed by atoms with Crippen LogP contribution >= 0.6 is 15.9 Å². The van der Waals surface area contributed by atoms with Crippen molar-refractivity contribution < 1.29 is 28.9 Å². The lowest BCUT2D eigenvalue weighted by molar-refractivity contribution is -0.394. The van der Waals surface area contributed by atoms with Crippen LogP contribution in [0.4, 0.5) is 11.4 Å². The number of carbonyl (C=O) groups is 1. The van der Waals surface area contributed by atoms with Crippen LogP contribution in [0, 0.1) is 20.2 Å². The Hall–Kier alpha value is -4.52. The maximum Gasteiger partial charge on any atom is 0.318 e. The normalized spacial score (nSPS) is 10.6. The fraction of sp³-hybridized carbons (Fsp3) is 0.0909. The highest BCUT2D eigenvalue weighted by Crippen LogP contribution is 2.38. The van der Waals surface area contributed by atoms with Gasteiger partial charge < -0.3 is 14.2 Å². The number of hydrogen-bond donors (Lipinski definition) is 1. The van der Waals surface area contributed by atoms with Gasteiger partial charge in [-0.1, -0.05) is 15.9 Å². The monoisotopic (exact) mass is 544 g/mol. The van der Waals surface area contributed by atoms with Crippen molar-refractivity contribution in [3.8, 4) is 23.0 Å². The molecule has 0 aliphatic heterocycles. The first kappa shape index (κ1) is 25.1. The van der Waals surface area contributed by atoms with Crippen molar-refractivity contribution in [2.75, 3.05) is 14.2 Å². The molecule has 0 unspecified atom stereocenters. The largest absolute Gasteiger partial charge is 0.496 e.